The molecule has 8 rings (SSSR count). The van der Waals surface area contributed by atoms with Gasteiger partial charge in [-0.3, -0.25) is 19.3 Å². The summed E-state index contributed by atoms with van der Waals surface area (Å²) in [7, 11) is 0. The van der Waals surface area contributed by atoms with Gasteiger partial charge in [-0.15, -0.1) is 0 Å². The molecule has 2 bridgehead atoms. The quantitative estimate of drug-likeness (QED) is 0.237. The van der Waals surface area contributed by atoms with Gasteiger partial charge in [0.05, 0.1) is 18.3 Å². The standard InChI is InChI=1S/C31H23NO4/c33-25(36-20-14-13-18-7-1-2-8-19(18)17-20)15-16-32-30(34)28-26-21-9-3-4-10-22(21)27(29(28)31(32)35)24-12-6-5-11-23(24)26/h1-14,17,26-29H,15-16H2/t26?,27?,28-,29-/m0/s1. The molecule has 0 radical (unpaired) electrons. The Hall–Kier alpha value is -4.25. The molecule has 0 N–H and O–H groups in total. The van der Waals surface area contributed by atoms with Crippen LogP contribution in [-0.4, -0.2) is 29.2 Å². The van der Waals surface area contributed by atoms with Crippen LogP contribution in [0.5, 0.6) is 5.75 Å². The highest BCUT2D eigenvalue weighted by molar-refractivity contribution is 6.08. The Labute approximate surface area is 208 Å². The molecule has 0 spiro atoms. The van der Waals surface area contributed by atoms with Gasteiger partial charge in [0.15, 0.2) is 0 Å². The van der Waals surface area contributed by atoms with Crippen LogP contribution in [-0.2, 0) is 14.4 Å². The number of hydrogen-bond acceptors (Lipinski definition) is 4. The average Bonchev–Trinajstić information content (AvgIpc) is 3.17. The molecule has 5 nitrogen and oxygen atoms in total. The van der Waals surface area contributed by atoms with Gasteiger partial charge >= 0.3 is 5.97 Å². The van der Waals surface area contributed by atoms with E-state index < -0.39 is 17.8 Å². The lowest BCUT2D eigenvalue weighted by atomic mass is 9.55. The molecule has 1 aliphatic heterocycles. The van der Waals surface area contributed by atoms with E-state index in [1.807, 2.05) is 60.7 Å². The maximum Gasteiger partial charge on any atom is 0.312 e. The van der Waals surface area contributed by atoms with Gasteiger partial charge < -0.3 is 4.74 Å². The minimum absolute atomic E-state index is 0.0310. The van der Waals surface area contributed by atoms with Crippen molar-refractivity contribution in [2.45, 2.75) is 18.3 Å². The molecule has 2 amide bonds. The molecule has 0 unspecified atom stereocenters. The van der Waals surface area contributed by atoms with E-state index in [-0.39, 0.29) is 36.6 Å². The average molecular weight is 474 g/mol. The predicted octanol–water partition coefficient (Wildman–Crippen LogP) is 5.03. The minimum atomic E-state index is -0.463. The van der Waals surface area contributed by atoms with Crippen LogP contribution < -0.4 is 4.74 Å². The first kappa shape index (κ1) is 21.1. The molecule has 4 aromatic carbocycles. The zero-order valence-corrected chi connectivity index (χ0v) is 19.5. The van der Waals surface area contributed by atoms with Crippen LogP contribution in [0.4, 0.5) is 0 Å². The van der Waals surface area contributed by atoms with Crippen LogP contribution in [0.1, 0.15) is 40.5 Å². The molecule has 3 aliphatic carbocycles. The Balaban J connectivity index is 1.13. The molecule has 5 heteroatoms. The third kappa shape index (κ3) is 2.99. The van der Waals surface area contributed by atoms with Crippen molar-refractivity contribution in [3.05, 3.63) is 113 Å². The molecule has 0 aromatic heterocycles. The summed E-state index contributed by atoms with van der Waals surface area (Å²) in [5.74, 6) is -1.50. The first-order valence-electron chi connectivity index (χ1n) is 12.3. The number of hydrogen-bond donors (Lipinski definition) is 0. The van der Waals surface area contributed by atoms with Crippen LogP contribution >= 0.6 is 0 Å². The first-order chi connectivity index (χ1) is 17.6. The number of amides is 2. The Morgan fingerprint density at radius 1 is 0.667 bits per heavy atom. The summed E-state index contributed by atoms with van der Waals surface area (Å²) in [5.41, 5.74) is 4.56. The SMILES string of the molecule is O=C(CCN1C(=O)[C@H]2C3c4ccccc4C(c4ccccc43)[C@@H]2C1=O)Oc1ccc2ccccc2c1. The molecular formula is C31H23NO4. The lowest BCUT2D eigenvalue weighted by molar-refractivity contribution is -0.141. The lowest BCUT2D eigenvalue weighted by Crippen LogP contribution is -2.41. The molecule has 4 aliphatic rings. The predicted molar refractivity (Wildman–Crippen MR) is 134 cm³/mol. The Morgan fingerprint density at radius 2 is 1.17 bits per heavy atom. The molecule has 1 heterocycles. The van der Waals surface area contributed by atoms with Crippen LogP contribution in [0.2, 0.25) is 0 Å². The number of ether oxygens (including phenoxy) is 1. The highest BCUT2D eigenvalue weighted by Gasteiger charge is 2.61. The third-order valence-corrected chi connectivity index (χ3v) is 8.03. The normalized spacial score (nSPS) is 23.4. The summed E-state index contributed by atoms with van der Waals surface area (Å²) in [6, 6.07) is 29.7. The summed E-state index contributed by atoms with van der Waals surface area (Å²) in [6.45, 7) is 0.0310. The number of likely N-dealkylation sites (tertiary alicyclic amines) is 1. The number of esters is 1. The largest absolute Gasteiger partial charge is 0.426 e. The number of fused-ring (bicyclic) bond motifs is 1. The van der Waals surface area contributed by atoms with E-state index in [0.717, 1.165) is 33.0 Å². The topological polar surface area (TPSA) is 63.7 Å². The minimum Gasteiger partial charge on any atom is -0.426 e. The number of carbonyl (C=O) groups is 3. The van der Waals surface area contributed by atoms with E-state index in [1.165, 1.54) is 4.90 Å². The highest BCUT2D eigenvalue weighted by Crippen LogP contribution is 2.60. The van der Waals surface area contributed by atoms with E-state index in [1.54, 1.807) is 6.07 Å². The van der Waals surface area contributed by atoms with E-state index in [0.29, 0.717) is 5.75 Å². The zero-order chi connectivity index (χ0) is 24.4. The summed E-state index contributed by atoms with van der Waals surface area (Å²) in [6.07, 6.45) is -0.0427. The summed E-state index contributed by atoms with van der Waals surface area (Å²) < 4.78 is 5.54. The molecule has 2 atom stereocenters. The molecule has 36 heavy (non-hydrogen) atoms. The van der Waals surface area contributed by atoms with Gasteiger partial charge in [-0.2, -0.15) is 0 Å². The zero-order valence-electron chi connectivity index (χ0n) is 19.5. The van der Waals surface area contributed by atoms with Crippen molar-refractivity contribution in [1.82, 2.24) is 4.90 Å². The van der Waals surface area contributed by atoms with Gasteiger partial charge in [0.1, 0.15) is 5.75 Å². The van der Waals surface area contributed by atoms with E-state index >= 15 is 0 Å². The van der Waals surface area contributed by atoms with Crippen molar-refractivity contribution in [2.24, 2.45) is 11.8 Å². The van der Waals surface area contributed by atoms with Crippen molar-refractivity contribution in [3.63, 3.8) is 0 Å². The van der Waals surface area contributed by atoms with Gasteiger partial charge in [0.25, 0.3) is 0 Å². The number of rotatable bonds is 4. The van der Waals surface area contributed by atoms with Crippen LogP contribution in [0.15, 0.2) is 91.0 Å². The van der Waals surface area contributed by atoms with Gasteiger partial charge in [0, 0.05) is 18.4 Å². The molecule has 0 saturated carbocycles. The van der Waals surface area contributed by atoms with E-state index in [2.05, 4.69) is 24.3 Å². The fourth-order valence-electron chi connectivity index (χ4n) is 6.58. The van der Waals surface area contributed by atoms with Gasteiger partial charge in [0.2, 0.25) is 11.8 Å². The summed E-state index contributed by atoms with van der Waals surface area (Å²) in [4.78, 5) is 41.2. The Morgan fingerprint density at radius 3 is 1.72 bits per heavy atom. The van der Waals surface area contributed by atoms with Crippen molar-refractivity contribution in [3.8, 4) is 5.75 Å². The van der Waals surface area contributed by atoms with Crippen LogP contribution in [0.3, 0.4) is 0 Å². The molecular weight excluding hydrogens is 450 g/mol. The molecule has 1 saturated heterocycles. The van der Waals surface area contributed by atoms with Crippen molar-refractivity contribution >= 4 is 28.6 Å². The smallest absolute Gasteiger partial charge is 0.312 e. The second-order valence-electron chi connectivity index (χ2n) is 9.83. The fraction of sp³-hybridized carbons (Fsp3) is 0.194. The van der Waals surface area contributed by atoms with Crippen molar-refractivity contribution in [2.75, 3.05) is 6.54 Å². The van der Waals surface area contributed by atoms with Gasteiger partial charge in [-0.1, -0.05) is 78.9 Å². The van der Waals surface area contributed by atoms with E-state index in [9.17, 15) is 14.4 Å². The van der Waals surface area contributed by atoms with Crippen LogP contribution in [0, 0.1) is 11.8 Å². The number of imide groups is 1. The maximum atomic E-state index is 13.6. The second kappa shape index (κ2) is 7.89. The third-order valence-electron chi connectivity index (χ3n) is 8.03. The maximum absolute atomic E-state index is 13.6. The number of nitrogens with zero attached hydrogens (tertiary/aromatic N) is 1. The van der Waals surface area contributed by atoms with Gasteiger partial charge in [-0.05, 0) is 45.2 Å². The highest BCUT2D eigenvalue weighted by atomic mass is 16.5. The Kier molecular flexibility index (Phi) is 4.61. The Bertz CT molecular complexity index is 1460. The summed E-state index contributed by atoms with van der Waals surface area (Å²) in [5, 5.41) is 2.04. The molecule has 176 valence electrons. The van der Waals surface area contributed by atoms with Crippen LogP contribution in [0.25, 0.3) is 10.8 Å². The first-order valence-corrected chi connectivity index (χ1v) is 12.3. The number of carbonyl (C=O) groups excluding carboxylic acids is 3. The molecule has 1 fully saturated rings. The monoisotopic (exact) mass is 473 g/mol. The lowest BCUT2D eigenvalue weighted by Gasteiger charge is -2.45. The fourth-order valence-corrected chi connectivity index (χ4v) is 6.58. The summed E-state index contributed by atoms with van der Waals surface area (Å²) >= 11 is 0. The van der Waals surface area contributed by atoms with E-state index in [4.69, 9.17) is 4.74 Å². The second-order valence-corrected chi connectivity index (χ2v) is 9.83. The van der Waals surface area contributed by atoms with Crippen molar-refractivity contribution in [1.29, 1.82) is 0 Å². The molecule has 4 aromatic rings. The van der Waals surface area contributed by atoms with Crippen molar-refractivity contribution < 1.29 is 19.1 Å². The number of benzene rings is 4. The van der Waals surface area contributed by atoms with Gasteiger partial charge in [-0.25, -0.2) is 0 Å².